The molecule has 2 atom stereocenters. The molecular weight excluding hydrogens is 276 g/mol. The topological polar surface area (TPSA) is 35.5 Å². The molecule has 1 heterocycles. The van der Waals surface area contributed by atoms with Gasteiger partial charge >= 0.3 is 6.16 Å². The number of hydrogen-bond donors (Lipinski definition) is 0. The van der Waals surface area contributed by atoms with Gasteiger partial charge in [-0.2, -0.15) is 0 Å². The van der Waals surface area contributed by atoms with Crippen molar-refractivity contribution in [2.45, 2.75) is 89.6 Å². The molecule has 3 fully saturated rings. The highest BCUT2D eigenvalue weighted by molar-refractivity contribution is 5.60. The third-order valence-corrected chi connectivity index (χ3v) is 6.13. The van der Waals surface area contributed by atoms with Gasteiger partial charge < -0.3 is 9.47 Å². The summed E-state index contributed by atoms with van der Waals surface area (Å²) >= 11 is 0. The van der Waals surface area contributed by atoms with Crippen molar-refractivity contribution in [1.82, 2.24) is 0 Å². The van der Waals surface area contributed by atoms with Crippen LogP contribution in [0.2, 0.25) is 0 Å². The van der Waals surface area contributed by atoms with Gasteiger partial charge in [-0.1, -0.05) is 57.8 Å². The van der Waals surface area contributed by atoms with Crippen molar-refractivity contribution in [2.24, 2.45) is 17.8 Å². The van der Waals surface area contributed by atoms with E-state index in [9.17, 15) is 4.79 Å². The summed E-state index contributed by atoms with van der Waals surface area (Å²) in [6.45, 7) is 0.578. The lowest BCUT2D eigenvalue weighted by molar-refractivity contribution is 0.0130. The summed E-state index contributed by atoms with van der Waals surface area (Å²) in [7, 11) is 0. The van der Waals surface area contributed by atoms with E-state index in [0.717, 1.165) is 12.3 Å². The van der Waals surface area contributed by atoms with Crippen LogP contribution >= 0.6 is 0 Å². The van der Waals surface area contributed by atoms with Gasteiger partial charge in [0.05, 0.1) is 6.61 Å². The molecule has 3 rings (SSSR count). The van der Waals surface area contributed by atoms with Crippen molar-refractivity contribution in [3.05, 3.63) is 0 Å². The Morgan fingerprint density at radius 2 is 1.45 bits per heavy atom. The molecule has 1 saturated heterocycles. The SMILES string of the molecule is O=C1OCC(CCC2CCCCC2)CC(C2CCCCC2)O1. The van der Waals surface area contributed by atoms with Crippen LogP contribution in [0.4, 0.5) is 4.79 Å². The Hall–Kier alpha value is -0.730. The lowest BCUT2D eigenvalue weighted by Gasteiger charge is -2.30. The molecule has 2 aliphatic carbocycles. The second kappa shape index (κ2) is 8.21. The fourth-order valence-electron chi connectivity index (χ4n) is 4.73. The summed E-state index contributed by atoms with van der Waals surface area (Å²) in [4.78, 5) is 11.7. The fraction of sp³-hybridized carbons (Fsp3) is 0.947. The Morgan fingerprint density at radius 1 is 0.818 bits per heavy atom. The van der Waals surface area contributed by atoms with E-state index in [1.165, 1.54) is 77.0 Å². The van der Waals surface area contributed by atoms with Gasteiger partial charge in [-0.25, -0.2) is 4.79 Å². The molecule has 3 aliphatic rings. The van der Waals surface area contributed by atoms with Crippen LogP contribution in [0.3, 0.4) is 0 Å². The second-order valence-electron chi connectivity index (χ2n) is 7.80. The molecule has 0 bridgehead atoms. The predicted octanol–water partition coefficient (Wildman–Crippen LogP) is 5.47. The summed E-state index contributed by atoms with van der Waals surface area (Å²) in [5, 5.41) is 0. The van der Waals surface area contributed by atoms with Crippen LogP contribution in [0.1, 0.15) is 83.5 Å². The largest absolute Gasteiger partial charge is 0.508 e. The van der Waals surface area contributed by atoms with E-state index in [2.05, 4.69) is 0 Å². The molecular formula is C19H32O3. The van der Waals surface area contributed by atoms with Crippen LogP contribution in [0.25, 0.3) is 0 Å². The first-order valence-electron chi connectivity index (χ1n) is 9.64. The monoisotopic (exact) mass is 308 g/mol. The lowest BCUT2D eigenvalue weighted by Crippen LogP contribution is -2.28. The van der Waals surface area contributed by atoms with E-state index in [0.29, 0.717) is 18.4 Å². The number of cyclic esters (lactones) is 2. The van der Waals surface area contributed by atoms with E-state index in [4.69, 9.17) is 9.47 Å². The standard InChI is InChI=1S/C19H32O3/c20-19-21-14-16(12-11-15-7-3-1-4-8-15)13-18(22-19)17-9-5-2-6-10-17/h15-18H,1-14H2. The van der Waals surface area contributed by atoms with Crippen molar-refractivity contribution < 1.29 is 14.3 Å². The molecule has 0 amide bonds. The molecule has 126 valence electrons. The molecule has 0 aromatic heterocycles. The van der Waals surface area contributed by atoms with Crippen molar-refractivity contribution >= 4 is 6.16 Å². The van der Waals surface area contributed by atoms with E-state index >= 15 is 0 Å². The molecule has 2 unspecified atom stereocenters. The summed E-state index contributed by atoms with van der Waals surface area (Å²) in [6, 6.07) is 0. The summed E-state index contributed by atoms with van der Waals surface area (Å²) in [5.74, 6) is 2.01. The zero-order valence-corrected chi connectivity index (χ0v) is 13.9. The van der Waals surface area contributed by atoms with Crippen LogP contribution < -0.4 is 0 Å². The molecule has 2 saturated carbocycles. The van der Waals surface area contributed by atoms with Gasteiger partial charge in [-0.3, -0.25) is 0 Å². The molecule has 0 radical (unpaired) electrons. The number of hydrogen-bond acceptors (Lipinski definition) is 3. The normalized spacial score (nSPS) is 32.1. The summed E-state index contributed by atoms with van der Waals surface area (Å²) in [5.41, 5.74) is 0. The van der Waals surface area contributed by atoms with E-state index in [1.807, 2.05) is 0 Å². The van der Waals surface area contributed by atoms with Gasteiger partial charge in [-0.15, -0.1) is 0 Å². The fourth-order valence-corrected chi connectivity index (χ4v) is 4.73. The van der Waals surface area contributed by atoms with Gasteiger partial charge in [0.25, 0.3) is 0 Å². The number of carbonyl (C=O) groups excluding carboxylic acids is 1. The van der Waals surface area contributed by atoms with Crippen molar-refractivity contribution in [3.63, 3.8) is 0 Å². The molecule has 3 nitrogen and oxygen atoms in total. The first-order chi connectivity index (χ1) is 10.8. The van der Waals surface area contributed by atoms with E-state index in [1.54, 1.807) is 0 Å². The Balaban J connectivity index is 1.50. The first kappa shape index (κ1) is 16.1. The van der Waals surface area contributed by atoms with E-state index < -0.39 is 6.16 Å². The van der Waals surface area contributed by atoms with Crippen LogP contribution in [0.15, 0.2) is 0 Å². The smallest absolute Gasteiger partial charge is 0.434 e. The lowest BCUT2D eigenvalue weighted by atomic mass is 9.79. The van der Waals surface area contributed by atoms with Crippen LogP contribution in [0.5, 0.6) is 0 Å². The maximum absolute atomic E-state index is 11.7. The summed E-state index contributed by atoms with van der Waals surface area (Å²) in [6.07, 6.45) is 16.7. The average Bonchev–Trinajstić information content (AvgIpc) is 2.76. The number of ether oxygens (including phenoxy) is 2. The Labute approximate surface area is 135 Å². The Bertz CT molecular complexity index is 343. The number of carbonyl (C=O) groups is 1. The van der Waals surface area contributed by atoms with Crippen LogP contribution in [-0.2, 0) is 9.47 Å². The Morgan fingerprint density at radius 3 is 2.18 bits per heavy atom. The van der Waals surface area contributed by atoms with Gasteiger partial charge in [0.15, 0.2) is 0 Å². The van der Waals surface area contributed by atoms with Gasteiger partial charge in [0.2, 0.25) is 0 Å². The highest BCUT2D eigenvalue weighted by atomic mass is 16.7. The molecule has 0 N–H and O–H groups in total. The molecule has 0 spiro atoms. The van der Waals surface area contributed by atoms with Crippen LogP contribution in [-0.4, -0.2) is 18.9 Å². The maximum Gasteiger partial charge on any atom is 0.508 e. The minimum absolute atomic E-state index is 0.117. The molecule has 3 heteroatoms. The highest BCUT2D eigenvalue weighted by Gasteiger charge is 2.33. The highest BCUT2D eigenvalue weighted by Crippen LogP contribution is 2.35. The van der Waals surface area contributed by atoms with Crippen LogP contribution in [0, 0.1) is 17.8 Å². The van der Waals surface area contributed by atoms with E-state index in [-0.39, 0.29) is 6.10 Å². The molecule has 1 aliphatic heterocycles. The van der Waals surface area contributed by atoms with Crippen molar-refractivity contribution in [1.29, 1.82) is 0 Å². The predicted molar refractivity (Wildman–Crippen MR) is 86.7 cm³/mol. The maximum atomic E-state index is 11.7. The van der Waals surface area contributed by atoms with Crippen molar-refractivity contribution in [2.75, 3.05) is 6.61 Å². The van der Waals surface area contributed by atoms with Crippen molar-refractivity contribution in [3.8, 4) is 0 Å². The molecule has 0 aromatic rings. The second-order valence-corrected chi connectivity index (χ2v) is 7.80. The summed E-state index contributed by atoms with van der Waals surface area (Å²) < 4.78 is 10.9. The quantitative estimate of drug-likeness (QED) is 0.646. The van der Waals surface area contributed by atoms with Gasteiger partial charge in [0, 0.05) is 0 Å². The molecule has 0 aromatic carbocycles. The third kappa shape index (κ3) is 4.63. The molecule has 22 heavy (non-hydrogen) atoms. The first-order valence-corrected chi connectivity index (χ1v) is 9.64. The van der Waals surface area contributed by atoms with Gasteiger partial charge in [0.1, 0.15) is 6.10 Å². The zero-order valence-electron chi connectivity index (χ0n) is 13.9. The number of rotatable bonds is 4. The minimum atomic E-state index is -0.421. The average molecular weight is 308 g/mol. The minimum Gasteiger partial charge on any atom is -0.434 e. The van der Waals surface area contributed by atoms with Gasteiger partial charge in [-0.05, 0) is 43.4 Å². The zero-order chi connectivity index (χ0) is 15.2. The Kier molecular flexibility index (Phi) is 6.03. The third-order valence-electron chi connectivity index (χ3n) is 6.13.